The second-order valence-electron chi connectivity index (χ2n) is 7.63. The van der Waals surface area contributed by atoms with Gasteiger partial charge in [0.2, 0.25) is 5.91 Å². The van der Waals surface area contributed by atoms with Gasteiger partial charge in [-0.2, -0.15) is 0 Å². The highest BCUT2D eigenvalue weighted by Gasteiger charge is 2.35. The minimum absolute atomic E-state index is 0.0244. The predicted octanol–water partition coefficient (Wildman–Crippen LogP) is 3.66. The number of esters is 1. The monoisotopic (exact) mass is 489 g/mol. The Morgan fingerprint density at radius 3 is 2.53 bits per heavy atom. The number of hydrogen-bond donors (Lipinski definition) is 2. The first kappa shape index (κ1) is 24.3. The van der Waals surface area contributed by atoms with Crippen molar-refractivity contribution in [2.24, 2.45) is 0 Å². The van der Waals surface area contributed by atoms with Crippen molar-refractivity contribution in [3.8, 4) is 17.1 Å². The summed E-state index contributed by atoms with van der Waals surface area (Å²) < 4.78 is 15.9. The molecule has 0 radical (unpaired) electrons. The van der Waals surface area contributed by atoms with Gasteiger partial charge >= 0.3 is 12.0 Å². The lowest BCUT2D eigenvalue weighted by atomic mass is 10.1. The van der Waals surface area contributed by atoms with E-state index < -0.39 is 30.4 Å². The van der Waals surface area contributed by atoms with E-state index in [1.165, 1.54) is 13.2 Å². The van der Waals surface area contributed by atoms with Crippen LogP contribution < -0.4 is 15.4 Å². The highest BCUT2D eigenvalue weighted by atomic mass is 16.5. The van der Waals surface area contributed by atoms with Gasteiger partial charge in [0.05, 0.1) is 25.0 Å². The SMILES string of the molecule is CCOC(=O)c1ccc(-c2ccc(/C=C3/NC(=O)N(CC(=O)Nc4ccccc4OC)C3=O)o2)cc1. The fraction of sp³-hybridized carbons (Fsp3) is 0.154. The Labute approximate surface area is 206 Å². The molecule has 0 aliphatic carbocycles. The van der Waals surface area contributed by atoms with Crippen LogP contribution in [-0.2, 0) is 14.3 Å². The quantitative estimate of drug-likeness (QED) is 0.281. The van der Waals surface area contributed by atoms with Gasteiger partial charge in [-0.1, -0.05) is 24.3 Å². The van der Waals surface area contributed by atoms with E-state index >= 15 is 0 Å². The van der Waals surface area contributed by atoms with Gasteiger partial charge in [-0.05, 0) is 43.3 Å². The summed E-state index contributed by atoms with van der Waals surface area (Å²) >= 11 is 0. The lowest BCUT2D eigenvalue weighted by Crippen LogP contribution is -2.38. The lowest BCUT2D eigenvalue weighted by Gasteiger charge is -2.13. The average Bonchev–Trinajstić information content (AvgIpc) is 3.45. The summed E-state index contributed by atoms with van der Waals surface area (Å²) in [5, 5.41) is 5.09. The summed E-state index contributed by atoms with van der Waals surface area (Å²) in [5.41, 5.74) is 1.53. The smallest absolute Gasteiger partial charge is 0.338 e. The van der Waals surface area contributed by atoms with Crippen LogP contribution in [0.15, 0.2) is 70.8 Å². The molecule has 1 saturated heterocycles. The van der Waals surface area contributed by atoms with E-state index in [1.54, 1.807) is 67.6 Å². The Morgan fingerprint density at radius 2 is 1.81 bits per heavy atom. The molecular weight excluding hydrogens is 466 g/mol. The van der Waals surface area contributed by atoms with Crippen molar-refractivity contribution in [3.63, 3.8) is 0 Å². The van der Waals surface area contributed by atoms with Crippen LogP contribution in [0.2, 0.25) is 0 Å². The Balaban J connectivity index is 1.43. The van der Waals surface area contributed by atoms with Crippen LogP contribution in [0.3, 0.4) is 0 Å². The molecule has 2 heterocycles. The van der Waals surface area contributed by atoms with Gasteiger partial charge in [-0.3, -0.25) is 9.59 Å². The Hall–Kier alpha value is -4.86. The largest absolute Gasteiger partial charge is 0.495 e. The van der Waals surface area contributed by atoms with E-state index in [-0.39, 0.29) is 12.3 Å². The Bertz CT molecular complexity index is 1340. The molecule has 10 heteroatoms. The molecule has 2 N–H and O–H groups in total. The second kappa shape index (κ2) is 10.6. The summed E-state index contributed by atoms with van der Waals surface area (Å²) in [6, 6.07) is 16.1. The van der Waals surface area contributed by atoms with E-state index in [0.29, 0.717) is 34.1 Å². The maximum absolute atomic E-state index is 12.7. The highest BCUT2D eigenvalue weighted by Crippen LogP contribution is 2.25. The number of urea groups is 1. The van der Waals surface area contributed by atoms with Gasteiger partial charge in [0.25, 0.3) is 5.91 Å². The van der Waals surface area contributed by atoms with Crippen molar-refractivity contribution in [1.82, 2.24) is 10.2 Å². The number of para-hydroxylation sites is 2. The molecule has 184 valence electrons. The third-order valence-electron chi connectivity index (χ3n) is 5.24. The Kier molecular flexibility index (Phi) is 7.15. The normalized spacial score (nSPS) is 14.1. The zero-order chi connectivity index (χ0) is 25.7. The van der Waals surface area contributed by atoms with Gasteiger partial charge in [0.15, 0.2) is 0 Å². The molecule has 10 nitrogen and oxygen atoms in total. The molecule has 0 spiro atoms. The zero-order valence-electron chi connectivity index (χ0n) is 19.6. The number of hydrogen-bond acceptors (Lipinski definition) is 7. The number of benzene rings is 2. The number of nitrogens with zero attached hydrogens (tertiary/aromatic N) is 1. The first-order valence-corrected chi connectivity index (χ1v) is 11.0. The lowest BCUT2D eigenvalue weighted by molar-refractivity contribution is -0.127. The number of carbonyl (C=O) groups excluding carboxylic acids is 4. The van der Waals surface area contributed by atoms with E-state index in [1.807, 2.05) is 0 Å². The zero-order valence-corrected chi connectivity index (χ0v) is 19.6. The third kappa shape index (κ3) is 5.27. The van der Waals surface area contributed by atoms with E-state index in [2.05, 4.69) is 10.6 Å². The third-order valence-corrected chi connectivity index (χ3v) is 5.24. The molecule has 0 atom stereocenters. The number of imide groups is 1. The molecule has 4 rings (SSSR count). The summed E-state index contributed by atoms with van der Waals surface area (Å²) in [4.78, 5) is 50.1. The number of furan rings is 1. The van der Waals surface area contributed by atoms with Crippen molar-refractivity contribution in [2.45, 2.75) is 6.92 Å². The number of ether oxygens (including phenoxy) is 2. The van der Waals surface area contributed by atoms with Crippen molar-refractivity contribution >= 4 is 35.6 Å². The van der Waals surface area contributed by atoms with Crippen LogP contribution in [0.25, 0.3) is 17.4 Å². The number of amides is 4. The number of anilines is 1. The van der Waals surface area contributed by atoms with Gasteiger partial charge in [-0.25, -0.2) is 14.5 Å². The summed E-state index contributed by atoms with van der Waals surface area (Å²) in [7, 11) is 1.47. The van der Waals surface area contributed by atoms with Gasteiger partial charge in [0, 0.05) is 11.6 Å². The number of nitrogens with one attached hydrogen (secondary N) is 2. The van der Waals surface area contributed by atoms with Crippen LogP contribution in [0.1, 0.15) is 23.0 Å². The van der Waals surface area contributed by atoms with Crippen LogP contribution in [0.4, 0.5) is 10.5 Å². The fourth-order valence-electron chi connectivity index (χ4n) is 3.51. The molecule has 1 aliphatic heterocycles. The molecule has 1 fully saturated rings. The molecule has 4 amide bonds. The molecule has 1 aliphatic rings. The molecule has 36 heavy (non-hydrogen) atoms. The maximum atomic E-state index is 12.7. The molecule has 1 aromatic heterocycles. The predicted molar refractivity (Wildman–Crippen MR) is 130 cm³/mol. The van der Waals surface area contributed by atoms with Crippen molar-refractivity contribution < 1.29 is 33.1 Å². The first-order valence-electron chi connectivity index (χ1n) is 11.0. The number of methoxy groups -OCH3 is 1. The molecule has 2 aromatic carbocycles. The molecular formula is C26H23N3O7. The van der Waals surface area contributed by atoms with Gasteiger partial charge < -0.3 is 24.5 Å². The number of rotatable bonds is 8. The average molecular weight is 489 g/mol. The Morgan fingerprint density at radius 1 is 1.06 bits per heavy atom. The van der Waals surface area contributed by atoms with Gasteiger partial charge in [0.1, 0.15) is 29.5 Å². The molecule has 0 unspecified atom stereocenters. The number of carbonyl (C=O) groups is 4. The van der Waals surface area contributed by atoms with E-state index in [4.69, 9.17) is 13.9 Å². The van der Waals surface area contributed by atoms with Crippen molar-refractivity contribution in [2.75, 3.05) is 25.6 Å². The molecule has 0 saturated carbocycles. The van der Waals surface area contributed by atoms with Crippen molar-refractivity contribution in [1.29, 1.82) is 0 Å². The maximum Gasteiger partial charge on any atom is 0.338 e. The minimum atomic E-state index is -0.720. The van der Waals surface area contributed by atoms with Crippen molar-refractivity contribution in [3.05, 3.63) is 77.7 Å². The fourth-order valence-corrected chi connectivity index (χ4v) is 3.51. The highest BCUT2D eigenvalue weighted by molar-refractivity contribution is 6.15. The van der Waals surface area contributed by atoms with Crippen LogP contribution >= 0.6 is 0 Å². The van der Waals surface area contributed by atoms with Crippen LogP contribution in [0.5, 0.6) is 5.75 Å². The van der Waals surface area contributed by atoms with Gasteiger partial charge in [-0.15, -0.1) is 0 Å². The second-order valence-corrected chi connectivity index (χ2v) is 7.63. The van der Waals surface area contributed by atoms with E-state index in [0.717, 1.165) is 4.90 Å². The topological polar surface area (TPSA) is 127 Å². The van der Waals surface area contributed by atoms with Crippen LogP contribution in [-0.4, -0.2) is 49.0 Å². The standard InChI is InChI=1S/C26H23N3O7/c1-3-35-25(32)17-10-8-16(9-11-17)21-13-12-18(36-21)14-20-24(31)29(26(33)28-20)15-23(30)27-19-6-4-5-7-22(19)34-2/h4-14H,3,15H2,1-2H3,(H,27,30)(H,28,33)/b20-14+. The first-order chi connectivity index (χ1) is 17.4. The summed E-state index contributed by atoms with van der Waals surface area (Å²) in [6.07, 6.45) is 1.38. The molecule has 0 bridgehead atoms. The molecule has 3 aromatic rings. The van der Waals surface area contributed by atoms with Crippen LogP contribution in [0, 0.1) is 0 Å². The summed E-state index contributed by atoms with van der Waals surface area (Å²) in [5.74, 6) is -0.355. The minimum Gasteiger partial charge on any atom is -0.495 e. The summed E-state index contributed by atoms with van der Waals surface area (Å²) in [6.45, 7) is 1.55. The van der Waals surface area contributed by atoms with E-state index in [9.17, 15) is 19.2 Å².